The Hall–Kier alpha value is -2.69. The smallest absolute Gasteiger partial charge is 0.335 e. The van der Waals surface area contributed by atoms with Crippen molar-refractivity contribution in [2.24, 2.45) is 0 Å². The number of carboxylic acid groups (broad SMARTS) is 1. The van der Waals surface area contributed by atoms with E-state index in [1.54, 1.807) is 12.1 Å². The summed E-state index contributed by atoms with van der Waals surface area (Å²) in [5.74, 6) is -0.914. The van der Waals surface area contributed by atoms with Crippen LogP contribution < -0.4 is 0 Å². The highest BCUT2D eigenvalue weighted by molar-refractivity contribution is 5.90. The molecule has 4 rings (SSSR count). The van der Waals surface area contributed by atoms with Crippen molar-refractivity contribution in [1.29, 1.82) is 0 Å². The molecule has 0 atom stereocenters. The Kier molecular flexibility index (Phi) is 2.76. The number of aromatic nitrogens is 3. The molecule has 1 aliphatic carbocycles. The third kappa shape index (κ3) is 1.82. The van der Waals surface area contributed by atoms with E-state index < -0.39 is 5.97 Å². The average molecular weight is 293 g/mol. The Bertz CT molecular complexity index is 894. The molecule has 0 amide bonds. The van der Waals surface area contributed by atoms with Crippen molar-refractivity contribution in [3.05, 3.63) is 46.6 Å². The monoisotopic (exact) mass is 293 g/mol. The van der Waals surface area contributed by atoms with E-state index in [1.165, 1.54) is 11.1 Å². The van der Waals surface area contributed by atoms with E-state index >= 15 is 0 Å². The molecule has 2 N–H and O–H groups in total. The molecule has 22 heavy (non-hydrogen) atoms. The minimum Gasteiger partial charge on any atom is -0.478 e. The van der Waals surface area contributed by atoms with Crippen LogP contribution in [0.1, 0.15) is 33.6 Å². The number of benzene rings is 1. The number of carboxylic acids is 1. The standard InChI is InChI=1S/C17H15N3O2/c1-9-14-12-3-2-4-13(12)15(18-16(14)20-19-9)10-5-7-11(8-6-10)17(21)22/h5-8H,2-4H2,1H3,(H,21,22)(H,18,19,20). The topological polar surface area (TPSA) is 78.9 Å². The lowest BCUT2D eigenvalue weighted by molar-refractivity contribution is 0.0697. The van der Waals surface area contributed by atoms with Crippen LogP contribution in [0, 0.1) is 6.92 Å². The molecule has 2 aromatic heterocycles. The van der Waals surface area contributed by atoms with Gasteiger partial charge in [-0.1, -0.05) is 12.1 Å². The second-order valence-corrected chi connectivity index (χ2v) is 5.70. The summed E-state index contributed by atoms with van der Waals surface area (Å²) in [6.45, 7) is 2.02. The molecular weight excluding hydrogens is 278 g/mol. The maximum Gasteiger partial charge on any atom is 0.335 e. The zero-order valence-electron chi connectivity index (χ0n) is 12.2. The number of nitrogens with zero attached hydrogens (tertiary/aromatic N) is 2. The molecule has 1 aromatic carbocycles. The summed E-state index contributed by atoms with van der Waals surface area (Å²) in [7, 11) is 0. The van der Waals surface area contributed by atoms with Crippen molar-refractivity contribution in [2.45, 2.75) is 26.2 Å². The number of rotatable bonds is 2. The zero-order valence-corrected chi connectivity index (χ0v) is 12.2. The highest BCUT2D eigenvalue weighted by atomic mass is 16.4. The molecule has 0 saturated heterocycles. The van der Waals surface area contributed by atoms with Crippen molar-refractivity contribution >= 4 is 17.0 Å². The lowest BCUT2D eigenvalue weighted by Crippen LogP contribution is -1.98. The largest absolute Gasteiger partial charge is 0.478 e. The maximum atomic E-state index is 11.0. The van der Waals surface area contributed by atoms with Gasteiger partial charge in [0.05, 0.1) is 11.3 Å². The summed E-state index contributed by atoms with van der Waals surface area (Å²) < 4.78 is 0. The molecule has 1 aliphatic rings. The SMILES string of the molecule is Cc1[nH]nc2nc(-c3ccc(C(=O)O)cc3)c3c(c12)CCC3. The first-order chi connectivity index (χ1) is 10.6. The fourth-order valence-electron chi connectivity index (χ4n) is 3.32. The third-order valence-corrected chi connectivity index (χ3v) is 4.36. The number of H-pyrrole nitrogens is 1. The van der Waals surface area contributed by atoms with E-state index in [2.05, 4.69) is 10.2 Å². The lowest BCUT2D eigenvalue weighted by Gasteiger charge is -2.09. The van der Waals surface area contributed by atoms with Gasteiger partial charge in [-0.05, 0) is 49.4 Å². The molecule has 3 aromatic rings. The van der Waals surface area contributed by atoms with Gasteiger partial charge in [-0.25, -0.2) is 9.78 Å². The Morgan fingerprint density at radius 3 is 2.64 bits per heavy atom. The molecule has 0 fully saturated rings. The minimum atomic E-state index is -0.914. The Morgan fingerprint density at radius 2 is 1.91 bits per heavy atom. The molecule has 5 nitrogen and oxygen atoms in total. The van der Waals surface area contributed by atoms with Crippen molar-refractivity contribution < 1.29 is 9.90 Å². The van der Waals surface area contributed by atoms with E-state index in [0.29, 0.717) is 0 Å². The maximum absolute atomic E-state index is 11.0. The zero-order chi connectivity index (χ0) is 15.3. The fourth-order valence-corrected chi connectivity index (χ4v) is 3.32. The van der Waals surface area contributed by atoms with Crippen molar-refractivity contribution in [1.82, 2.24) is 15.2 Å². The van der Waals surface area contributed by atoms with E-state index in [1.807, 2.05) is 19.1 Å². The number of pyridine rings is 1. The number of hydrogen-bond acceptors (Lipinski definition) is 3. The number of nitrogens with one attached hydrogen (secondary N) is 1. The molecule has 0 unspecified atom stereocenters. The molecule has 110 valence electrons. The van der Waals surface area contributed by atoms with Gasteiger partial charge in [0, 0.05) is 16.6 Å². The first-order valence-corrected chi connectivity index (χ1v) is 7.35. The van der Waals surface area contributed by atoms with E-state index in [4.69, 9.17) is 10.1 Å². The van der Waals surface area contributed by atoms with E-state index in [-0.39, 0.29) is 5.56 Å². The second-order valence-electron chi connectivity index (χ2n) is 5.70. The van der Waals surface area contributed by atoms with Gasteiger partial charge in [-0.3, -0.25) is 5.10 Å². The molecule has 0 bridgehead atoms. The first kappa shape index (κ1) is 13.0. The van der Waals surface area contributed by atoms with Gasteiger partial charge in [0.1, 0.15) is 0 Å². The van der Waals surface area contributed by atoms with Crippen LogP contribution in [0.15, 0.2) is 24.3 Å². The van der Waals surface area contributed by atoms with Gasteiger partial charge >= 0.3 is 5.97 Å². The minimum absolute atomic E-state index is 0.289. The van der Waals surface area contributed by atoms with Gasteiger partial charge in [-0.2, -0.15) is 5.10 Å². The number of hydrogen-bond donors (Lipinski definition) is 2. The summed E-state index contributed by atoms with van der Waals surface area (Å²) in [5.41, 5.74) is 6.60. The number of aryl methyl sites for hydroxylation is 2. The van der Waals surface area contributed by atoms with Crippen LogP contribution in [-0.4, -0.2) is 26.3 Å². The second kappa shape index (κ2) is 4.66. The Balaban J connectivity index is 1.93. The van der Waals surface area contributed by atoms with Crippen LogP contribution >= 0.6 is 0 Å². The van der Waals surface area contributed by atoms with Gasteiger partial charge in [-0.15, -0.1) is 0 Å². The molecule has 2 heterocycles. The first-order valence-electron chi connectivity index (χ1n) is 7.35. The summed E-state index contributed by atoms with van der Waals surface area (Å²) in [6, 6.07) is 6.91. The van der Waals surface area contributed by atoms with Gasteiger partial charge in [0.2, 0.25) is 0 Å². The van der Waals surface area contributed by atoms with Gasteiger partial charge in [0.15, 0.2) is 5.65 Å². The summed E-state index contributed by atoms with van der Waals surface area (Å²) >= 11 is 0. The quantitative estimate of drug-likeness (QED) is 0.761. The molecule has 0 radical (unpaired) electrons. The highest BCUT2D eigenvalue weighted by Crippen LogP contribution is 2.36. The van der Waals surface area contributed by atoms with Crippen LogP contribution in [0.3, 0.4) is 0 Å². The number of carbonyl (C=O) groups is 1. The predicted octanol–water partition coefficient (Wildman–Crippen LogP) is 3.12. The molecule has 0 saturated carbocycles. The molecular formula is C17H15N3O2. The lowest BCUT2D eigenvalue weighted by atomic mass is 9.99. The summed E-state index contributed by atoms with van der Waals surface area (Å²) in [6.07, 6.45) is 3.19. The predicted molar refractivity (Wildman–Crippen MR) is 83.0 cm³/mol. The third-order valence-electron chi connectivity index (χ3n) is 4.36. The summed E-state index contributed by atoms with van der Waals surface area (Å²) in [5, 5.41) is 17.5. The van der Waals surface area contributed by atoms with E-state index in [0.717, 1.165) is 47.2 Å². The van der Waals surface area contributed by atoms with Gasteiger partial charge < -0.3 is 5.11 Å². The normalized spacial score (nSPS) is 13.5. The van der Waals surface area contributed by atoms with Crippen molar-refractivity contribution in [3.63, 3.8) is 0 Å². The van der Waals surface area contributed by atoms with Crippen molar-refractivity contribution in [3.8, 4) is 11.3 Å². The van der Waals surface area contributed by atoms with E-state index in [9.17, 15) is 4.79 Å². The van der Waals surface area contributed by atoms with Crippen molar-refractivity contribution in [2.75, 3.05) is 0 Å². The van der Waals surface area contributed by atoms with Crippen LogP contribution in [0.25, 0.3) is 22.3 Å². The highest BCUT2D eigenvalue weighted by Gasteiger charge is 2.23. The van der Waals surface area contributed by atoms with Crippen LogP contribution in [0.2, 0.25) is 0 Å². The fraction of sp³-hybridized carbons (Fsp3) is 0.235. The molecule has 5 heteroatoms. The Labute approximate surface area is 127 Å². The van der Waals surface area contributed by atoms with Crippen LogP contribution in [-0.2, 0) is 12.8 Å². The number of aromatic amines is 1. The Morgan fingerprint density at radius 1 is 1.18 bits per heavy atom. The average Bonchev–Trinajstić information content (AvgIpc) is 3.13. The van der Waals surface area contributed by atoms with Gasteiger partial charge in [0.25, 0.3) is 0 Å². The van der Waals surface area contributed by atoms with Crippen LogP contribution in [0.4, 0.5) is 0 Å². The molecule has 0 aliphatic heterocycles. The summed E-state index contributed by atoms with van der Waals surface area (Å²) in [4.78, 5) is 15.7. The molecule has 0 spiro atoms. The van der Waals surface area contributed by atoms with Crippen LogP contribution in [0.5, 0.6) is 0 Å². The number of fused-ring (bicyclic) bond motifs is 3. The number of aromatic carboxylic acids is 1.